The first-order chi connectivity index (χ1) is 21.0. The van der Waals surface area contributed by atoms with Gasteiger partial charge >= 0.3 is 0 Å². The molecule has 248 valence electrons. The topological polar surface area (TPSA) is 36.9 Å². The Hall–Kier alpha value is -1.07. The summed E-state index contributed by atoms with van der Waals surface area (Å²) in [5.74, 6) is 0.430. The lowest BCUT2D eigenvalue weighted by Gasteiger charge is -2.43. The predicted octanol–water partition coefficient (Wildman–Crippen LogP) is 9.16. The Labute approximate surface area is 274 Å². The SMILES string of the molecule is CC[Si](CC)(CC)OC[C@H](C)C[C@H]1O[C@@H](CO[Si](c2ccccc2)(c2ccccc2)C(C)(C)C)C[C@H]1O[Si](CC)(CC)CC. The number of rotatable bonds is 18. The second kappa shape index (κ2) is 16.7. The second-order valence-electron chi connectivity index (χ2n) is 14.3. The lowest BCUT2D eigenvalue weighted by molar-refractivity contribution is -0.0178. The number of hydrogen-bond acceptors (Lipinski definition) is 4. The van der Waals surface area contributed by atoms with E-state index in [9.17, 15) is 0 Å². The van der Waals surface area contributed by atoms with Gasteiger partial charge in [-0.2, -0.15) is 0 Å². The van der Waals surface area contributed by atoms with Crippen LogP contribution in [0.4, 0.5) is 0 Å². The van der Waals surface area contributed by atoms with Crippen LogP contribution >= 0.6 is 0 Å². The van der Waals surface area contributed by atoms with Gasteiger partial charge in [-0.25, -0.2) is 0 Å². The van der Waals surface area contributed by atoms with Crippen LogP contribution in [0.3, 0.4) is 0 Å². The van der Waals surface area contributed by atoms with Crippen LogP contribution in [0.25, 0.3) is 0 Å². The molecule has 0 amide bonds. The highest BCUT2D eigenvalue weighted by molar-refractivity contribution is 6.99. The molecule has 3 rings (SSSR count). The quantitative estimate of drug-likeness (QED) is 0.150. The summed E-state index contributed by atoms with van der Waals surface area (Å²) in [6.45, 7) is 24.7. The third kappa shape index (κ3) is 8.64. The van der Waals surface area contributed by atoms with Crippen LogP contribution in [0.5, 0.6) is 0 Å². The van der Waals surface area contributed by atoms with Crippen molar-refractivity contribution < 1.29 is 18.0 Å². The molecule has 0 N–H and O–H groups in total. The van der Waals surface area contributed by atoms with Crippen molar-refractivity contribution in [3.8, 4) is 0 Å². The molecule has 1 heterocycles. The van der Waals surface area contributed by atoms with Crippen LogP contribution in [0.15, 0.2) is 60.7 Å². The molecule has 1 aliphatic heterocycles. The standard InChI is InChI=1S/C37H64O4Si3/c1-11-42(12-2,13-3)38-29-31(7)27-35-36(41-43(14-4,15-5)16-6)28-32(40-35)30-39-44(37(8,9)10,33-23-19-17-20-24-33)34-25-21-18-22-26-34/h17-26,31-32,35-36H,11-16,27-30H2,1-10H3/t31-,32-,35-,36-/m1/s1. The van der Waals surface area contributed by atoms with Crippen LogP contribution < -0.4 is 10.4 Å². The Kier molecular flexibility index (Phi) is 14.2. The van der Waals surface area contributed by atoms with E-state index in [1.807, 2.05) is 0 Å². The minimum Gasteiger partial charge on any atom is -0.417 e. The van der Waals surface area contributed by atoms with E-state index in [1.54, 1.807) is 0 Å². The smallest absolute Gasteiger partial charge is 0.261 e. The maximum Gasteiger partial charge on any atom is 0.261 e. The van der Waals surface area contributed by atoms with Crippen LogP contribution in [-0.2, 0) is 18.0 Å². The zero-order valence-corrected chi connectivity index (χ0v) is 32.8. The maximum absolute atomic E-state index is 7.35. The molecule has 1 saturated heterocycles. The monoisotopic (exact) mass is 656 g/mol. The summed E-state index contributed by atoms with van der Waals surface area (Å²) >= 11 is 0. The molecule has 0 bridgehead atoms. The molecule has 4 atom stereocenters. The van der Waals surface area contributed by atoms with Gasteiger partial charge in [-0.15, -0.1) is 0 Å². The highest BCUT2D eigenvalue weighted by Gasteiger charge is 2.51. The van der Waals surface area contributed by atoms with Gasteiger partial charge in [-0.3, -0.25) is 0 Å². The van der Waals surface area contributed by atoms with Crippen LogP contribution in [0.1, 0.15) is 82.1 Å². The fourth-order valence-corrected chi connectivity index (χ4v) is 17.6. The molecule has 0 spiro atoms. The molecule has 7 heteroatoms. The molecule has 4 nitrogen and oxygen atoms in total. The predicted molar refractivity (Wildman–Crippen MR) is 196 cm³/mol. The first-order valence-electron chi connectivity index (χ1n) is 17.7. The Bertz CT molecular complexity index is 1030. The summed E-state index contributed by atoms with van der Waals surface area (Å²) in [6.07, 6.45) is 2.11. The summed E-state index contributed by atoms with van der Waals surface area (Å²) in [7, 11) is -6.06. The molecular weight excluding hydrogens is 593 g/mol. The second-order valence-corrected chi connectivity index (χ2v) is 28.1. The van der Waals surface area contributed by atoms with Crippen molar-refractivity contribution in [3.63, 3.8) is 0 Å². The number of hydrogen-bond donors (Lipinski definition) is 0. The van der Waals surface area contributed by atoms with Crippen molar-refractivity contribution in [3.05, 3.63) is 60.7 Å². The van der Waals surface area contributed by atoms with Gasteiger partial charge in [0.15, 0.2) is 16.6 Å². The van der Waals surface area contributed by atoms with Crippen molar-refractivity contribution in [2.24, 2.45) is 5.92 Å². The zero-order valence-electron chi connectivity index (χ0n) is 29.8. The lowest BCUT2D eigenvalue weighted by Crippen LogP contribution is -2.67. The van der Waals surface area contributed by atoms with Crippen molar-refractivity contribution in [1.29, 1.82) is 0 Å². The molecule has 0 aromatic heterocycles. The van der Waals surface area contributed by atoms with Crippen molar-refractivity contribution in [1.82, 2.24) is 0 Å². The third-order valence-corrected chi connectivity index (χ3v) is 25.1. The van der Waals surface area contributed by atoms with Crippen molar-refractivity contribution in [2.75, 3.05) is 13.2 Å². The van der Waals surface area contributed by atoms with Gasteiger partial charge in [0.05, 0.1) is 24.9 Å². The number of ether oxygens (including phenoxy) is 1. The zero-order chi connectivity index (χ0) is 32.4. The molecule has 0 saturated carbocycles. The van der Waals surface area contributed by atoms with E-state index in [-0.39, 0.29) is 23.4 Å². The first-order valence-corrected chi connectivity index (χ1v) is 24.7. The van der Waals surface area contributed by atoms with Gasteiger partial charge in [0.2, 0.25) is 0 Å². The van der Waals surface area contributed by atoms with E-state index in [1.165, 1.54) is 28.5 Å². The molecule has 44 heavy (non-hydrogen) atoms. The summed E-state index contributed by atoms with van der Waals surface area (Å²) in [6, 6.07) is 29.0. The fraction of sp³-hybridized carbons (Fsp3) is 0.676. The maximum atomic E-state index is 7.35. The van der Waals surface area contributed by atoms with Gasteiger partial charge in [-0.05, 0) is 64.0 Å². The summed E-state index contributed by atoms with van der Waals surface area (Å²) in [5, 5.41) is 2.58. The molecule has 2 aromatic carbocycles. The Balaban J connectivity index is 1.87. The molecule has 2 aromatic rings. The van der Waals surface area contributed by atoms with E-state index in [0.717, 1.165) is 37.6 Å². The van der Waals surface area contributed by atoms with Crippen LogP contribution in [0.2, 0.25) is 41.3 Å². The summed E-state index contributed by atoms with van der Waals surface area (Å²) in [5.41, 5.74) is 0. The number of benzene rings is 2. The van der Waals surface area contributed by atoms with Crippen molar-refractivity contribution in [2.45, 2.75) is 142 Å². The van der Waals surface area contributed by atoms with Gasteiger partial charge < -0.3 is 18.0 Å². The minimum atomic E-state index is -2.63. The largest absolute Gasteiger partial charge is 0.417 e. The molecule has 1 fully saturated rings. The molecule has 0 unspecified atom stereocenters. The van der Waals surface area contributed by atoms with Crippen molar-refractivity contribution >= 4 is 35.3 Å². The highest BCUT2D eigenvalue weighted by atomic mass is 28.4. The van der Waals surface area contributed by atoms with E-state index in [2.05, 4.69) is 130 Å². The first kappa shape index (κ1) is 37.4. The molecule has 0 radical (unpaired) electrons. The normalized spacial score (nSPS) is 20.6. The van der Waals surface area contributed by atoms with Crippen LogP contribution in [-0.4, -0.2) is 56.5 Å². The summed E-state index contributed by atoms with van der Waals surface area (Å²) in [4.78, 5) is 0. The van der Waals surface area contributed by atoms with Gasteiger partial charge in [0.1, 0.15) is 0 Å². The Morgan fingerprint density at radius 3 is 1.64 bits per heavy atom. The van der Waals surface area contributed by atoms with E-state index >= 15 is 0 Å². The molecule has 1 aliphatic rings. The molecular formula is C37H64O4Si3. The Morgan fingerprint density at radius 1 is 0.727 bits per heavy atom. The average Bonchev–Trinajstić information content (AvgIpc) is 3.41. The average molecular weight is 657 g/mol. The molecule has 0 aliphatic carbocycles. The van der Waals surface area contributed by atoms with Gasteiger partial charge in [-0.1, -0.05) is 130 Å². The summed E-state index contributed by atoms with van der Waals surface area (Å²) < 4.78 is 28.3. The van der Waals surface area contributed by atoms with E-state index < -0.39 is 25.0 Å². The van der Waals surface area contributed by atoms with E-state index in [0.29, 0.717) is 12.5 Å². The Morgan fingerprint density at radius 2 is 1.20 bits per heavy atom. The van der Waals surface area contributed by atoms with Gasteiger partial charge in [0.25, 0.3) is 8.32 Å². The third-order valence-electron chi connectivity index (χ3n) is 10.8. The van der Waals surface area contributed by atoms with E-state index in [4.69, 9.17) is 18.0 Å². The van der Waals surface area contributed by atoms with Gasteiger partial charge in [0, 0.05) is 13.0 Å². The minimum absolute atomic E-state index is 0.0208. The fourth-order valence-electron chi connectivity index (χ4n) is 7.38. The highest BCUT2D eigenvalue weighted by Crippen LogP contribution is 2.39. The lowest BCUT2D eigenvalue weighted by atomic mass is 10.0. The van der Waals surface area contributed by atoms with Crippen LogP contribution in [0, 0.1) is 5.92 Å².